The molecule has 0 bridgehead atoms. The Morgan fingerprint density at radius 2 is 0.818 bits per heavy atom. The van der Waals surface area contributed by atoms with E-state index in [1.165, 1.54) is 0 Å². The standard InChI is InChI=1S/C56H90NO8P/c1-6-8-10-12-14-16-18-20-22-23-24-25-26-27-28-29-30-31-32-33-35-37-39-41-43-45-47-49-56(59)65-54(53-64-66(60,61)63-51-50-57(3,4)5)52-62-55(58)48-46-44-42-40-38-36-34-21-19-17-15-13-11-9-7-2/h8-11,14-17,20-22,24-25,27-28,30-31,33-35,38,40,54H,6-7,12-13,18-19,23,26,29,32,36-37,39,41-53H2,1-5H3/p+1/b10-8-,11-9-,16-14-,17-15-,22-20-,25-24-,28-27-,31-30-,34-21-,35-33-,40-38-. The number of quaternary nitrogens is 1. The first-order valence-electron chi connectivity index (χ1n) is 24.9. The molecule has 0 heterocycles. The average molecular weight is 937 g/mol. The van der Waals surface area contributed by atoms with Gasteiger partial charge in [0.1, 0.15) is 19.8 Å². The molecule has 0 rings (SSSR count). The topological polar surface area (TPSA) is 108 Å². The number of phosphoric acid groups is 1. The minimum atomic E-state index is -4.41. The van der Waals surface area contributed by atoms with Crippen molar-refractivity contribution >= 4 is 19.8 Å². The number of nitrogens with zero attached hydrogens (tertiary/aromatic N) is 1. The van der Waals surface area contributed by atoms with Gasteiger partial charge in [-0.3, -0.25) is 18.6 Å². The van der Waals surface area contributed by atoms with Crippen molar-refractivity contribution in [3.05, 3.63) is 134 Å². The highest BCUT2D eigenvalue weighted by molar-refractivity contribution is 7.47. The average Bonchev–Trinajstić information content (AvgIpc) is 3.27. The number of phosphoric ester groups is 1. The van der Waals surface area contributed by atoms with Crippen LogP contribution in [-0.2, 0) is 32.7 Å². The molecule has 0 aromatic heterocycles. The highest BCUT2D eigenvalue weighted by Gasteiger charge is 2.27. The van der Waals surface area contributed by atoms with Crippen molar-refractivity contribution in [1.82, 2.24) is 0 Å². The van der Waals surface area contributed by atoms with E-state index < -0.39 is 32.5 Å². The quantitative estimate of drug-likeness (QED) is 0.0212. The monoisotopic (exact) mass is 937 g/mol. The predicted molar refractivity (Wildman–Crippen MR) is 279 cm³/mol. The van der Waals surface area contributed by atoms with Crippen molar-refractivity contribution < 1.29 is 42.1 Å². The van der Waals surface area contributed by atoms with Gasteiger partial charge in [0.15, 0.2) is 6.10 Å². The number of rotatable bonds is 43. The highest BCUT2D eigenvalue weighted by Crippen LogP contribution is 2.43. The summed E-state index contributed by atoms with van der Waals surface area (Å²) in [5, 5.41) is 0. The second-order valence-corrected chi connectivity index (χ2v) is 18.5. The third-order valence-corrected chi connectivity index (χ3v) is 10.7. The van der Waals surface area contributed by atoms with Crippen LogP contribution in [0, 0.1) is 0 Å². The largest absolute Gasteiger partial charge is 0.472 e. The predicted octanol–water partition coefficient (Wildman–Crippen LogP) is 15.0. The fraction of sp³-hybridized carbons (Fsp3) is 0.571. The van der Waals surface area contributed by atoms with E-state index >= 15 is 0 Å². The van der Waals surface area contributed by atoms with Crippen molar-refractivity contribution in [1.29, 1.82) is 0 Å². The van der Waals surface area contributed by atoms with Crippen molar-refractivity contribution in [2.75, 3.05) is 47.5 Å². The van der Waals surface area contributed by atoms with E-state index in [1.807, 2.05) is 21.1 Å². The number of carbonyl (C=O) groups excluding carboxylic acids is 2. The second kappa shape index (κ2) is 46.3. The zero-order chi connectivity index (χ0) is 48.5. The summed E-state index contributed by atoms with van der Waals surface area (Å²) in [6.07, 6.45) is 66.5. The van der Waals surface area contributed by atoms with Crippen LogP contribution in [0.15, 0.2) is 134 Å². The van der Waals surface area contributed by atoms with Gasteiger partial charge in [-0.25, -0.2) is 4.57 Å². The first-order chi connectivity index (χ1) is 32.0. The molecule has 0 spiro atoms. The zero-order valence-electron chi connectivity index (χ0n) is 41.9. The third kappa shape index (κ3) is 49.6. The summed E-state index contributed by atoms with van der Waals surface area (Å²) in [7, 11) is 1.41. The molecular formula is C56H91NO8P+. The van der Waals surface area contributed by atoms with Gasteiger partial charge in [-0.2, -0.15) is 0 Å². The number of allylic oxidation sites excluding steroid dienone is 22. The molecule has 0 aliphatic rings. The fourth-order valence-electron chi connectivity index (χ4n) is 5.87. The van der Waals surface area contributed by atoms with Crippen LogP contribution in [0.2, 0.25) is 0 Å². The Labute approximate surface area is 402 Å². The molecule has 9 nitrogen and oxygen atoms in total. The summed E-state index contributed by atoms with van der Waals surface area (Å²) in [6.45, 7) is 4.09. The number of unbranched alkanes of at least 4 members (excludes halogenated alkanes) is 7. The van der Waals surface area contributed by atoms with Crippen LogP contribution in [0.4, 0.5) is 0 Å². The van der Waals surface area contributed by atoms with Crippen LogP contribution < -0.4 is 0 Å². The number of hydrogen-bond acceptors (Lipinski definition) is 7. The van der Waals surface area contributed by atoms with E-state index in [2.05, 4.69) is 148 Å². The van der Waals surface area contributed by atoms with E-state index in [9.17, 15) is 19.0 Å². The molecule has 1 N–H and O–H groups in total. The molecule has 0 aliphatic heterocycles. The fourth-order valence-corrected chi connectivity index (χ4v) is 6.61. The first kappa shape index (κ1) is 62.1. The minimum absolute atomic E-state index is 0.0121. The molecule has 372 valence electrons. The number of hydrogen-bond donors (Lipinski definition) is 1. The van der Waals surface area contributed by atoms with E-state index in [-0.39, 0.29) is 26.1 Å². The van der Waals surface area contributed by atoms with Crippen LogP contribution >= 0.6 is 7.82 Å². The maximum Gasteiger partial charge on any atom is 0.472 e. The number of esters is 2. The van der Waals surface area contributed by atoms with E-state index in [4.69, 9.17) is 18.5 Å². The van der Waals surface area contributed by atoms with Crippen LogP contribution in [0.1, 0.15) is 155 Å². The third-order valence-electron chi connectivity index (χ3n) is 9.68. The van der Waals surface area contributed by atoms with Gasteiger partial charge >= 0.3 is 19.8 Å². The van der Waals surface area contributed by atoms with E-state index in [0.29, 0.717) is 23.9 Å². The van der Waals surface area contributed by atoms with Gasteiger partial charge in [-0.05, 0) is 109 Å². The molecule has 0 aliphatic carbocycles. The lowest BCUT2D eigenvalue weighted by molar-refractivity contribution is -0.870. The lowest BCUT2D eigenvalue weighted by Gasteiger charge is -2.24. The van der Waals surface area contributed by atoms with Gasteiger partial charge in [0.2, 0.25) is 0 Å². The van der Waals surface area contributed by atoms with Crippen molar-refractivity contribution in [2.24, 2.45) is 0 Å². The molecule has 2 unspecified atom stereocenters. The summed E-state index contributed by atoms with van der Waals surface area (Å²) < 4.78 is 34.3. The van der Waals surface area contributed by atoms with Crippen molar-refractivity contribution in [3.63, 3.8) is 0 Å². The molecule has 0 saturated heterocycles. The van der Waals surface area contributed by atoms with Crippen molar-refractivity contribution in [3.8, 4) is 0 Å². The Balaban J connectivity index is 4.38. The van der Waals surface area contributed by atoms with Crippen LogP contribution in [0.25, 0.3) is 0 Å². The molecule has 0 aromatic rings. The first-order valence-corrected chi connectivity index (χ1v) is 26.4. The molecular weight excluding hydrogens is 846 g/mol. The molecule has 0 radical (unpaired) electrons. The summed E-state index contributed by atoms with van der Waals surface area (Å²) in [5.74, 6) is -0.884. The molecule has 66 heavy (non-hydrogen) atoms. The van der Waals surface area contributed by atoms with E-state index in [1.54, 1.807) is 0 Å². The molecule has 2 atom stereocenters. The summed E-state index contributed by atoms with van der Waals surface area (Å²) in [5.41, 5.74) is 0. The van der Waals surface area contributed by atoms with Crippen LogP contribution in [0.5, 0.6) is 0 Å². The maximum atomic E-state index is 12.8. The van der Waals surface area contributed by atoms with Crippen LogP contribution in [-0.4, -0.2) is 74.9 Å². The highest BCUT2D eigenvalue weighted by atomic mass is 31.2. The number of carbonyl (C=O) groups is 2. The second-order valence-electron chi connectivity index (χ2n) is 17.1. The molecule has 0 saturated carbocycles. The van der Waals surface area contributed by atoms with Crippen LogP contribution in [0.3, 0.4) is 0 Å². The zero-order valence-corrected chi connectivity index (χ0v) is 42.8. The van der Waals surface area contributed by atoms with Gasteiger partial charge in [0.05, 0.1) is 27.7 Å². The molecule has 10 heteroatoms. The Morgan fingerprint density at radius 3 is 1.24 bits per heavy atom. The van der Waals surface area contributed by atoms with Gasteiger partial charge in [0, 0.05) is 12.8 Å². The maximum absolute atomic E-state index is 12.8. The SMILES string of the molecule is CC/C=C\C/C=C\C/C=C\C/C=C\C/C=C\C/C=C\C/C=C\CCCCCCCC(=O)OC(COC(=O)CCCC/C=C\C/C=C\C/C=C\C/C=C\CC)COP(=O)(O)OCC[N+](C)(C)C. The molecule has 0 amide bonds. The summed E-state index contributed by atoms with van der Waals surface area (Å²) in [6, 6.07) is 0. The number of ether oxygens (including phenoxy) is 2. The van der Waals surface area contributed by atoms with Gasteiger partial charge < -0.3 is 18.9 Å². The summed E-state index contributed by atoms with van der Waals surface area (Å²) in [4.78, 5) is 35.5. The number of likely N-dealkylation sites (N-methyl/N-ethyl adjacent to an activating group) is 1. The van der Waals surface area contributed by atoms with E-state index in [0.717, 1.165) is 116 Å². The Kier molecular flexibility index (Phi) is 43.6. The minimum Gasteiger partial charge on any atom is -0.462 e. The smallest absolute Gasteiger partial charge is 0.462 e. The normalized spacial score (nSPS) is 14.6. The Bertz CT molecular complexity index is 1570. The van der Waals surface area contributed by atoms with Gasteiger partial charge in [-0.15, -0.1) is 0 Å². The Morgan fingerprint density at radius 1 is 0.470 bits per heavy atom. The van der Waals surface area contributed by atoms with Gasteiger partial charge in [0.25, 0.3) is 0 Å². The van der Waals surface area contributed by atoms with Gasteiger partial charge in [-0.1, -0.05) is 167 Å². The summed E-state index contributed by atoms with van der Waals surface area (Å²) >= 11 is 0. The lowest BCUT2D eigenvalue weighted by atomic mass is 10.1. The Hall–Kier alpha value is -3.85. The molecule has 0 aromatic carbocycles. The van der Waals surface area contributed by atoms with Crippen molar-refractivity contribution in [2.45, 2.75) is 161 Å². The molecule has 0 fully saturated rings. The lowest BCUT2D eigenvalue weighted by Crippen LogP contribution is -2.37.